The van der Waals surface area contributed by atoms with Crippen LogP contribution in [0, 0.1) is 6.92 Å². The summed E-state index contributed by atoms with van der Waals surface area (Å²) in [5.41, 5.74) is 2.73. The summed E-state index contributed by atoms with van der Waals surface area (Å²) in [5, 5.41) is 14.2. The number of nitrogens with zero attached hydrogens (tertiary/aromatic N) is 2. The Morgan fingerprint density at radius 1 is 1.60 bits per heavy atom. The van der Waals surface area contributed by atoms with Crippen molar-refractivity contribution in [2.24, 2.45) is 7.05 Å². The van der Waals surface area contributed by atoms with Gasteiger partial charge in [-0.3, -0.25) is 4.68 Å². The predicted octanol–water partition coefficient (Wildman–Crippen LogP) is 1.60. The van der Waals surface area contributed by atoms with Gasteiger partial charge in [-0.05, 0) is 18.6 Å². The Hall–Kier alpha value is -1.55. The van der Waals surface area contributed by atoms with Gasteiger partial charge in [-0.1, -0.05) is 0 Å². The van der Waals surface area contributed by atoms with Crippen LogP contribution in [0.3, 0.4) is 0 Å². The number of rotatable bonds is 3. The zero-order valence-electron chi connectivity index (χ0n) is 8.84. The summed E-state index contributed by atoms with van der Waals surface area (Å²) < 4.78 is 6.67. The van der Waals surface area contributed by atoms with Gasteiger partial charge in [-0.2, -0.15) is 5.10 Å². The van der Waals surface area contributed by atoms with Gasteiger partial charge < -0.3 is 9.52 Å². The van der Waals surface area contributed by atoms with Crippen LogP contribution in [-0.4, -0.2) is 14.9 Å². The second-order valence-electron chi connectivity index (χ2n) is 3.70. The van der Waals surface area contributed by atoms with E-state index >= 15 is 0 Å². The second-order valence-corrected chi connectivity index (χ2v) is 3.70. The van der Waals surface area contributed by atoms with Crippen LogP contribution in [0.2, 0.25) is 0 Å². The minimum atomic E-state index is -0.517. The Bertz CT molecular complexity index is 431. The SMILES string of the molecule is Cc1nn(C)cc1C(O)Cc1ccoc1. The molecule has 0 fully saturated rings. The highest BCUT2D eigenvalue weighted by atomic mass is 16.3. The van der Waals surface area contributed by atoms with Crippen molar-refractivity contribution in [2.45, 2.75) is 19.4 Å². The molecule has 4 nitrogen and oxygen atoms in total. The van der Waals surface area contributed by atoms with E-state index in [1.165, 1.54) is 0 Å². The van der Waals surface area contributed by atoms with E-state index in [0.717, 1.165) is 16.8 Å². The van der Waals surface area contributed by atoms with Crippen molar-refractivity contribution in [2.75, 3.05) is 0 Å². The molecule has 80 valence electrons. The molecule has 1 unspecified atom stereocenters. The maximum atomic E-state index is 9.99. The monoisotopic (exact) mass is 206 g/mol. The Morgan fingerprint density at radius 2 is 2.40 bits per heavy atom. The Kier molecular flexibility index (Phi) is 2.60. The van der Waals surface area contributed by atoms with Crippen molar-refractivity contribution >= 4 is 0 Å². The van der Waals surface area contributed by atoms with Crippen LogP contribution in [0.15, 0.2) is 29.2 Å². The van der Waals surface area contributed by atoms with Crippen molar-refractivity contribution in [3.63, 3.8) is 0 Å². The Morgan fingerprint density at radius 3 is 2.93 bits per heavy atom. The van der Waals surface area contributed by atoms with Crippen LogP contribution < -0.4 is 0 Å². The minimum Gasteiger partial charge on any atom is -0.472 e. The molecule has 2 aromatic rings. The summed E-state index contributed by atoms with van der Waals surface area (Å²) in [6.45, 7) is 1.90. The molecular formula is C11H14N2O2. The lowest BCUT2D eigenvalue weighted by molar-refractivity contribution is 0.177. The summed E-state index contributed by atoms with van der Waals surface area (Å²) in [4.78, 5) is 0. The van der Waals surface area contributed by atoms with E-state index in [1.54, 1.807) is 17.2 Å². The molecule has 0 bridgehead atoms. The van der Waals surface area contributed by atoms with Crippen molar-refractivity contribution < 1.29 is 9.52 Å². The van der Waals surface area contributed by atoms with E-state index < -0.39 is 6.10 Å². The lowest BCUT2D eigenvalue weighted by Gasteiger charge is -2.07. The molecule has 0 saturated heterocycles. The molecule has 0 aliphatic rings. The largest absolute Gasteiger partial charge is 0.472 e. The fourth-order valence-electron chi connectivity index (χ4n) is 1.69. The third-order valence-electron chi connectivity index (χ3n) is 2.42. The predicted molar refractivity (Wildman–Crippen MR) is 55.3 cm³/mol. The lowest BCUT2D eigenvalue weighted by Crippen LogP contribution is -2.01. The molecule has 0 radical (unpaired) electrons. The maximum Gasteiger partial charge on any atom is 0.0935 e. The molecule has 0 amide bonds. The van der Waals surface area contributed by atoms with E-state index in [-0.39, 0.29) is 0 Å². The van der Waals surface area contributed by atoms with Gasteiger partial charge in [0.15, 0.2) is 0 Å². The molecule has 0 spiro atoms. The summed E-state index contributed by atoms with van der Waals surface area (Å²) in [6, 6.07) is 1.86. The quantitative estimate of drug-likeness (QED) is 0.829. The highest BCUT2D eigenvalue weighted by molar-refractivity contribution is 5.21. The fourth-order valence-corrected chi connectivity index (χ4v) is 1.69. The van der Waals surface area contributed by atoms with Crippen LogP contribution in [0.4, 0.5) is 0 Å². The third kappa shape index (κ3) is 2.10. The molecule has 0 aliphatic carbocycles. The van der Waals surface area contributed by atoms with Crippen LogP contribution >= 0.6 is 0 Å². The van der Waals surface area contributed by atoms with Crippen molar-refractivity contribution in [3.8, 4) is 0 Å². The van der Waals surface area contributed by atoms with Crippen molar-refractivity contribution in [1.29, 1.82) is 0 Å². The lowest BCUT2D eigenvalue weighted by atomic mass is 10.0. The number of aryl methyl sites for hydroxylation is 2. The molecule has 2 aromatic heterocycles. The molecule has 0 aromatic carbocycles. The van der Waals surface area contributed by atoms with Crippen LogP contribution in [-0.2, 0) is 13.5 Å². The fraction of sp³-hybridized carbons (Fsp3) is 0.364. The Labute approximate surface area is 88.1 Å². The molecular weight excluding hydrogens is 192 g/mol. The van der Waals surface area contributed by atoms with Crippen LogP contribution in [0.1, 0.15) is 22.9 Å². The zero-order chi connectivity index (χ0) is 10.8. The molecule has 2 heterocycles. The van der Waals surface area contributed by atoms with Crippen LogP contribution in [0.25, 0.3) is 0 Å². The standard InChI is InChI=1S/C11H14N2O2/c1-8-10(6-13(2)12-8)11(14)5-9-3-4-15-7-9/h3-4,6-7,11,14H,5H2,1-2H3. The highest BCUT2D eigenvalue weighted by Gasteiger charge is 2.14. The van der Waals surface area contributed by atoms with E-state index in [9.17, 15) is 5.11 Å². The maximum absolute atomic E-state index is 9.99. The average Bonchev–Trinajstić information content (AvgIpc) is 2.75. The van der Waals surface area contributed by atoms with Gasteiger partial charge in [0.1, 0.15) is 0 Å². The molecule has 0 saturated carbocycles. The topological polar surface area (TPSA) is 51.2 Å². The van der Waals surface area contributed by atoms with Gasteiger partial charge in [-0.15, -0.1) is 0 Å². The third-order valence-corrected chi connectivity index (χ3v) is 2.42. The van der Waals surface area contributed by atoms with E-state index in [1.807, 2.05) is 26.2 Å². The summed E-state index contributed by atoms with van der Waals surface area (Å²) in [6.07, 6.45) is 5.15. The summed E-state index contributed by atoms with van der Waals surface area (Å²) in [7, 11) is 1.85. The first-order chi connectivity index (χ1) is 7.16. The average molecular weight is 206 g/mol. The number of hydrogen-bond acceptors (Lipinski definition) is 3. The molecule has 1 N–H and O–H groups in total. The molecule has 2 rings (SSSR count). The van der Waals surface area contributed by atoms with Gasteiger partial charge >= 0.3 is 0 Å². The number of aromatic nitrogens is 2. The summed E-state index contributed by atoms with van der Waals surface area (Å²) in [5.74, 6) is 0. The smallest absolute Gasteiger partial charge is 0.0935 e. The van der Waals surface area contributed by atoms with Gasteiger partial charge in [0.2, 0.25) is 0 Å². The number of furan rings is 1. The molecule has 4 heteroatoms. The van der Waals surface area contributed by atoms with E-state index in [0.29, 0.717) is 6.42 Å². The van der Waals surface area contributed by atoms with E-state index in [4.69, 9.17) is 4.42 Å². The normalized spacial score (nSPS) is 13.0. The first-order valence-corrected chi connectivity index (χ1v) is 4.86. The first-order valence-electron chi connectivity index (χ1n) is 4.86. The van der Waals surface area contributed by atoms with Crippen molar-refractivity contribution in [1.82, 2.24) is 9.78 Å². The van der Waals surface area contributed by atoms with Gasteiger partial charge in [0, 0.05) is 25.2 Å². The number of aliphatic hydroxyl groups excluding tert-OH is 1. The zero-order valence-corrected chi connectivity index (χ0v) is 8.84. The second kappa shape index (κ2) is 3.90. The van der Waals surface area contributed by atoms with Gasteiger partial charge in [-0.25, -0.2) is 0 Å². The van der Waals surface area contributed by atoms with E-state index in [2.05, 4.69) is 5.10 Å². The molecule has 15 heavy (non-hydrogen) atoms. The molecule has 1 atom stereocenters. The Balaban J connectivity index is 2.14. The first kappa shape index (κ1) is 9.98. The van der Waals surface area contributed by atoms with Crippen molar-refractivity contribution in [3.05, 3.63) is 41.6 Å². The van der Waals surface area contributed by atoms with Crippen LogP contribution in [0.5, 0.6) is 0 Å². The number of aliphatic hydroxyl groups is 1. The highest BCUT2D eigenvalue weighted by Crippen LogP contribution is 2.20. The van der Waals surface area contributed by atoms with Gasteiger partial charge in [0.05, 0.1) is 24.3 Å². The molecule has 0 aliphatic heterocycles. The number of hydrogen-bond donors (Lipinski definition) is 1. The van der Waals surface area contributed by atoms with Gasteiger partial charge in [0.25, 0.3) is 0 Å². The summed E-state index contributed by atoms with van der Waals surface area (Å²) >= 11 is 0. The minimum absolute atomic E-state index is 0.517.